The zero-order valence-electron chi connectivity index (χ0n) is 10.8. The van der Waals surface area contributed by atoms with Crippen molar-refractivity contribution in [3.8, 4) is 0 Å². The minimum Gasteiger partial charge on any atom is -0.480 e. The number of rotatable bonds is 5. The van der Waals surface area contributed by atoms with Gasteiger partial charge in [-0.3, -0.25) is 4.79 Å². The number of amides is 3. The second-order valence-corrected chi connectivity index (χ2v) is 4.43. The van der Waals surface area contributed by atoms with Gasteiger partial charge in [0.25, 0.3) is 0 Å². The summed E-state index contributed by atoms with van der Waals surface area (Å²) in [6.45, 7) is 0.987. The zero-order chi connectivity index (χ0) is 14.4. The number of methoxy groups -OCH3 is 1. The predicted molar refractivity (Wildman–Crippen MR) is 65.4 cm³/mol. The molecule has 3 amide bonds. The van der Waals surface area contributed by atoms with E-state index in [1.54, 1.807) is 7.11 Å². The van der Waals surface area contributed by atoms with Gasteiger partial charge in [-0.1, -0.05) is 0 Å². The molecule has 0 unspecified atom stereocenters. The van der Waals surface area contributed by atoms with Gasteiger partial charge in [0, 0.05) is 20.2 Å². The molecular weight excluding hydrogens is 254 g/mol. The lowest BCUT2D eigenvalue weighted by atomic mass is 10.1. The number of hydrogen-bond donors (Lipinski definition) is 3. The number of carboxylic acid groups (broad SMARTS) is 1. The van der Waals surface area contributed by atoms with E-state index in [9.17, 15) is 14.4 Å². The first kappa shape index (κ1) is 15.2. The molecule has 0 aromatic heterocycles. The van der Waals surface area contributed by atoms with Crippen LogP contribution in [0.15, 0.2) is 0 Å². The van der Waals surface area contributed by atoms with Crippen LogP contribution in [-0.2, 0) is 14.3 Å². The lowest BCUT2D eigenvalue weighted by molar-refractivity contribution is -0.141. The first-order valence-corrected chi connectivity index (χ1v) is 6.03. The number of piperidine rings is 1. The quantitative estimate of drug-likeness (QED) is 0.601. The summed E-state index contributed by atoms with van der Waals surface area (Å²) in [6, 6.07) is -1.78. The van der Waals surface area contributed by atoms with Crippen LogP contribution in [0.2, 0.25) is 0 Å². The Morgan fingerprint density at radius 3 is 2.42 bits per heavy atom. The Balaban J connectivity index is 2.48. The lowest BCUT2D eigenvalue weighted by Crippen LogP contribution is -2.51. The third-order valence-electron chi connectivity index (χ3n) is 3.06. The van der Waals surface area contributed by atoms with Crippen LogP contribution in [0.1, 0.15) is 19.3 Å². The topological polar surface area (TPSA) is 122 Å². The summed E-state index contributed by atoms with van der Waals surface area (Å²) in [4.78, 5) is 35.0. The van der Waals surface area contributed by atoms with Crippen molar-refractivity contribution < 1.29 is 24.2 Å². The third kappa shape index (κ3) is 4.74. The van der Waals surface area contributed by atoms with Gasteiger partial charge < -0.3 is 25.8 Å². The maximum Gasteiger partial charge on any atom is 0.326 e. The Morgan fingerprint density at radius 2 is 2.00 bits per heavy atom. The molecule has 0 aliphatic carbocycles. The maximum atomic E-state index is 11.8. The van der Waals surface area contributed by atoms with E-state index in [-0.39, 0.29) is 6.10 Å². The molecule has 0 bridgehead atoms. The highest BCUT2D eigenvalue weighted by Crippen LogP contribution is 2.12. The Hall–Kier alpha value is -1.83. The fourth-order valence-corrected chi connectivity index (χ4v) is 1.94. The van der Waals surface area contributed by atoms with Gasteiger partial charge in [0.05, 0.1) is 12.5 Å². The fraction of sp³-hybridized carbons (Fsp3) is 0.727. The Labute approximate surface area is 110 Å². The SMILES string of the molecule is COC1CCN(C(=O)N[C@H](CC(N)=O)C(=O)O)CC1. The summed E-state index contributed by atoms with van der Waals surface area (Å²) in [6.07, 6.45) is 1.12. The highest BCUT2D eigenvalue weighted by molar-refractivity contribution is 5.87. The highest BCUT2D eigenvalue weighted by Gasteiger charge is 2.27. The van der Waals surface area contributed by atoms with Gasteiger partial charge in [-0.05, 0) is 12.8 Å². The van der Waals surface area contributed by atoms with Gasteiger partial charge in [0.1, 0.15) is 6.04 Å². The van der Waals surface area contributed by atoms with E-state index in [0.29, 0.717) is 25.9 Å². The molecule has 0 aromatic carbocycles. The number of hydrogen-bond acceptors (Lipinski definition) is 4. The first-order chi connectivity index (χ1) is 8.93. The van der Waals surface area contributed by atoms with Crippen molar-refractivity contribution in [1.82, 2.24) is 10.2 Å². The minimum absolute atomic E-state index is 0.130. The minimum atomic E-state index is -1.29. The van der Waals surface area contributed by atoms with E-state index >= 15 is 0 Å². The smallest absolute Gasteiger partial charge is 0.326 e. The van der Waals surface area contributed by atoms with Crippen molar-refractivity contribution in [3.05, 3.63) is 0 Å². The van der Waals surface area contributed by atoms with Crippen molar-refractivity contribution in [3.63, 3.8) is 0 Å². The number of nitrogens with two attached hydrogens (primary N) is 1. The molecule has 1 rings (SSSR count). The van der Waals surface area contributed by atoms with Crippen molar-refractivity contribution in [1.29, 1.82) is 0 Å². The summed E-state index contributed by atoms with van der Waals surface area (Å²) in [5.74, 6) is -2.05. The van der Waals surface area contributed by atoms with Gasteiger partial charge in [-0.2, -0.15) is 0 Å². The zero-order valence-corrected chi connectivity index (χ0v) is 10.8. The third-order valence-corrected chi connectivity index (χ3v) is 3.06. The van der Waals surface area contributed by atoms with Crippen LogP contribution in [0.25, 0.3) is 0 Å². The molecule has 1 saturated heterocycles. The number of likely N-dealkylation sites (tertiary alicyclic amines) is 1. The van der Waals surface area contributed by atoms with E-state index in [1.165, 1.54) is 4.90 Å². The van der Waals surface area contributed by atoms with E-state index < -0.39 is 30.4 Å². The first-order valence-electron chi connectivity index (χ1n) is 6.03. The standard InChI is InChI=1S/C11H19N3O5/c1-19-7-2-4-14(5-3-7)11(18)13-8(10(16)17)6-9(12)15/h7-8H,2-6H2,1H3,(H2,12,15)(H,13,18)(H,16,17)/t8-/m1/s1. The van der Waals surface area contributed by atoms with Crippen LogP contribution in [0.3, 0.4) is 0 Å². The molecule has 19 heavy (non-hydrogen) atoms. The Bertz CT molecular complexity index is 352. The largest absolute Gasteiger partial charge is 0.480 e. The van der Waals surface area contributed by atoms with E-state index in [2.05, 4.69) is 5.32 Å². The number of nitrogens with one attached hydrogen (secondary N) is 1. The second kappa shape index (κ2) is 6.93. The normalized spacial score (nSPS) is 17.8. The summed E-state index contributed by atoms with van der Waals surface area (Å²) >= 11 is 0. The number of ether oxygens (including phenoxy) is 1. The molecule has 1 aliphatic rings. The molecule has 4 N–H and O–H groups in total. The molecule has 0 radical (unpaired) electrons. The van der Waals surface area contributed by atoms with Crippen molar-refractivity contribution in [2.45, 2.75) is 31.4 Å². The summed E-state index contributed by atoms with van der Waals surface area (Å²) < 4.78 is 5.18. The molecule has 1 atom stereocenters. The fourth-order valence-electron chi connectivity index (χ4n) is 1.94. The summed E-state index contributed by atoms with van der Waals surface area (Å²) in [5.41, 5.74) is 4.94. The number of urea groups is 1. The molecule has 0 saturated carbocycles. The highest BCUT2D eigenvalue weighted by atomic mass is 16.5. The van der Waals surface area contributed by atoms with Gasteiger partial charge in [-0.15, -0.1) is 0 Å². The van der Waals surface area contributed by atoms with Crippen LogP contribution in [0, 0.1) is 0 Å². The number of primary amides is 1. The predicted octanol–water partition coefficient (Wildman–Crippen LogP) is -0.865. The average molecular weight is 273 g/mol. The Kier molecular flexibility index (Phi) is 5.56. The monoisotopic (exact) mass is 273 g/mol. The molecule has 8 nitrogen and oxygen atoms in total. The van der Waals surface area contributed by atoms with Crippen LogP contribution in [-0.4, -0.2) is 60.3 Å². The van der Waals surface area contributed by atoms with Crippen molar-refractivity contribution in [2.75, 3.05) is 20.2 Å². The molecule has 8 heteroatoms. The molecule has 0 spiro atoms. The molecule has 108 valence electrons. The van der Waals surface area contributed by atoms with Crippen LogP contribution in [0.5, 0.6) is 0 Å². The Morgan fingerprint density at radius 1 is 1.42 bits per heavy atom. The van der Waals surface area contributed by atoms with Gasteiger partial charge in [0.15, 0.2) is 0 Å². The molecule has 1 heterocycles. The second-order valence-electron chi connectivity index (χ2n) is 4.43. The van der Waals surface area contributed by atoms with E-state index in [1.807, 2.05) is 0 Å². The van der Waals surface area contributed by atoms with Crippen LogP contribution < -0.4 is 11.1 Å². The number of carboxylic acids is 1. The summed E-state index contributed by atoms with van der Waals surface area (Å²) in [5, 5.41) is 11.2. The number of carbonyl (C=O) groups excluding carboxylic acids is 2. The maximum absolute atomic E-state index is 11.8. The van der Waals surface area contributed by atoms with Crippen molar-refractivity contribution >= 4 is 17.9 Å². The van der Waals surface area contributed by atoms with Crippen molar-refractivity contribution in [2.24, 2.45) is 5.73 Å². The van der Waals surface area contributed by atoms with E-state index in [0.717, 1.165) is 0 Å². The number of carbonyl (C=O) groups is 3. The average Bonchev–Trinajstić information content (AvgIpc) is 2.37. The van der Waals surface area contributed by atoms with Gasteiger partial charge in [-0.25, -0.2) is 9.59 Å². The van der Waals surface area contributed by atoms with Crippen LogP contribution >= 0.6 is 0 Å². The van der Waals surface area contributed by atoms with E-state index in [4.69, 9.17) is 15.6 Å². The van der Waals surface area contributed by atoms with Gasteiger partial charge in [0.2, 0.25) is 5.91 Å². The van der Waals surface area contributed by atoms with Gasteiger partial charge >= 0.3 is 12.0 Å². The lowest BCUT2D eigenvalue weighted by Gasteiger charge is -2.32. The molecule has 1 aliphatic heterocycles. The molecule has 1 fully saturated rings. The molecule has 0 aromatic rings. The number of nitrogens with zero attached hydrogens (tertiary/aromatic N) is 1. The number of aliphatic carboxylic acids is 1. The molecular formula is C11H19N3O5. The van der Waals surface area contributed by atoms with Crippen LogP contribution in [0.4, 0.5) is 4.79 Å². The summed E-state index contributed by atoms with van der Waals surface area (Å²) in [7, 11) is 1.62.